The Balaban J connectivity index is 2.69. The third-order valence-corrected chi connectivity index (χ3v) is 3.86. The van der Waals surface area contributed by atoms with Gasteiger partial charge in [0, 0.05) is 5.75 Å². The number of benzene rings is 1. The molecule has 0 aliphatic rings. The predicted molar refractivity (Wildman–Crippen MR) is 68.4 cm³/mol. The summed E-state index contributed by atoms with van der Waals surface area (Å²) in [4.78, 5) is 11.7. The second kappa shape index (κ2) is 6.31. The summed E-state index contributed by atoms with van der Waals surface area (Å²) in [6.45, 7) is 1.75. The Morgan fingerprint density at radius 1 is 1.47 bits per heavy atom. The van der Waals surface area contributed by atoms with Gasteiger partial charge in [0.25, 0.3) is 0 Å². The largest absolute Gasteiger partial charge is 0.468 e. The summed E-state index contributed by atoms with van der Waals surface area (Å²) in [5, 5.41) is 8.77. The standard InChI is InChI=1S/C13H15NO2S/c1-13(8-9-14,12(15)16-2)17-10-11-6-4-3-5-7-11/h3-7H,8,10H2,1-2H3. The van der Waals surface area contributed by atoms with E-state index >= 15 is 0 Å². The van der Waals surface area contributed by atoms with Crippen molar-refractivity contribution in [2.24, 2.45) is 0 Å². The van der Waals surface area contributed by atoms with Crippen molar-refractivity contribution >= 4 is 17.7 Å². The van der Waals surface area contributed by atoms with Crippen molar-refractivity contribution < 1.29 is 9.53 Å². The number of carbonyl (C=O) groups excluding carboxylic acids is 1. The fourth-order valence-electron chi connectivity index (χ4n) is 1.37. The third-order valence-electron chi connectivity index (χ3n) is 2.43. The quantitative estimate of drug-likeness (QED) is 0.753. The second-order valence-corrected chi connectivity index (χ2v) is 5.31. The number of hydrogen-bond donors (Lipinski definition) is 0. The number of thioether (sulfide) groups is 1. The van der Waals surface area contributed by atoms with Gasteiger partial charge in [-0.15, -0.1) is 11.8 Å². The maximum Gasteiger partial charge on any atom is 0.322 e. The van der Waals surface area contributed by atoms with Crippen LogP contribution in [0.1, 0.15) is 18.9 Å². The molecule has 0 fully saturated rings. The summed E-state index contributed by atoms with van der Waals surface area (Å²) in [6, 6.07) is 11.9. The van der Waals surface area contributed by atoms with Crippen LogP contribution in [0.15, 0.2) is 30.3 Å². The number of nitrogens with zero attached hydrogens (tertiary/aromatic N) is 1. The highest BCUT2D eigenvalue weighted by Crippen LogP contribution is 2.32. The molecule has 4 heteroatoms. The molecule has 0 saturated carbocycles. The number of ether oxygens (including phenoxy) is 1. The molecule has 0 amide bonds. The Bertz CT molecular complexity index is 413. The molecule has 0 aromatic heterocycles. The van der Waals surface area contributed by atoms with Crippen molar-refractivity contribution in [3.05, 3.63) is 35.9 Å². The first-order chi connectivity index (χ1) is 8.12. The molecular weight excluding hydrogens is 234 g/mol. The Labute approximate surface area is 106 Å². The first-order valence-corrected chi connectivity index (χ1v) is 6.24. The van der Waals surface area contributed by atoms with Crippen molar-refractivity contribution in [3.63, 3.8) is 0 Å². The summed E-state index contributed by atoms with van der Waals surface area (Å²) >= 11 is 1.44. The summed E-state index contributed by atoms with van der Waals surface area (Å²) in [6.07, 6.45) is 0.150. The summed E-state index contributed by atoms with van der Waals surface area (Å²) < 4.78 is 3.95. The molecule has 3 nitrogen and oxygen atoms in total. The minimum Gasteiger partial charge on any atom is -0.468 e. The van der Waals surface area contributed by atoms with Crippen LogP contribution in [-0.4, -0.2) is 17.8 Å². The highest BCUT2D eigenvalue weighted by molar-refractivity contribution is 8.00. The van der Waals surface area contributed by atoms with E-state index in [0.29, 0.717) is 5.75 Å². The average molecular weight is 249 g/mol. The van der Waals surface area contributed by atoms with Crippen LogP contribution in [0.25, 0.3) is 0 Å². The van der Waals surface area contributed by atoms with Crippen molar-refractivity contribution in [2.75, 3.05) is 7.11 Å². The first kappa shape index (κ1) is 13.6. The zero-order chi connectivity index (χ0) is 12.7. The maximum absolute atomic E-state index is 11.7. The third kappa shape index (κ3) is 3.79. The lowest BCUT2D eigenvalue weighted by Crippen LogP contribution is -2.32. The molecule has 1 unspecified atom stereocenters. The summed E-state index contributed by atoms with van der Waals surface area (Å²) in [5.41, 5.74) is 1.13. The molecular formula is C13H15NO2S. The smallest absolute Gasteiger partial charge is 0.322 e. The van der Waals surface area contributed by atoms with E-state index in [4.69, 9.17) is 10.00 Å². The Morgan fingerprint density at radius 3 is 2.65 bits per heavy atom. The van der Waals surface area contributed by atoms with Gasteiger partial charge in [0.1, 0.15) is 4.75 Å². The predicted octanol–water partition coefficient (Wildman–Crippen LogP) is 2.77. The highest BCUT2D eigenvalue weighted by atomic mass is 32.2. The summed E-state index contributed by atoms with van der Waals surface area (Å²) in [5.74, 6) is 0.341. The minimum absolute atomic E-state index is 0.150. The van der Waals surface area contributed by atoms with Gasteiger partial charge in [-0.2, -0.15) is 5.26 Å². The highest BCUT2D eigenvalue weighted by Gasteiger charge is 2.34. The molecule has 0 N–H and O–H groups in total. The molecule has 1 atom stereocenters. The van der Waals surface area contributed by atoms with Gasteiger partial charge in [-0.3, -0.25) is 4.79 Å². The first-order valence-electron chi connectivity index (χ1n) is 5.25. The zero-order valence-electron chi connectivity index (χ0n) is 9.97. The number of carbonyl (C=O) groups is 1. The Kier molecular flexibility index (Phi) is 5.05. The number of esters is 1. The molecule has 0 spiro atoms. The molecule has 0 radical (unpaired) electrons. The lowest BCUT2D eigenvalue weighted by molar-refractivity contribution is -0.142. The van der Waals surface area contributed by atoms with Crippen LogP contribution in [0.4, 0.5) is 0 Å². The molecule has 1 aromatic rings. The van der Waals surface area contributed by atoms with Crippen LogP contribution in [0.3, 0.4) is 0 Å². The van der Waals surface area contributed by atoms with E-state index in [-0.39, 0.29) is 12.4 Å². The van der Waals surface area contributed by atoms with Gasteiger partial charge in [0.05, 0.1) is 19.6 Å². The van der Waals surface area contributed by atoms with Crippen LogP contribution in [-0.2, 0) is 15.3 Å². The van der Waals surface area contributed by atoms with E-state index in [2.05, 4.69) is 0 Å². The van der Waals surface area contributed by atoms with Gasteiger partial charge < -0.3 is 4.74 Å². The van der Waals surface area contributed by atoms with Crippen LogP contribution >= 0.6 is 11.8 Å². The topological polar surface area (TPSA) is 50.1 Å². The van der Waals surface area contributed by atoms with Crippen molar-refractivity contribution in [1.29, 1.82) is 5.26 Å². The SMILES string of the molecule is COC(=O)C(C)(CC#N)SCc1ccccc1. The fourth-order valence-corrected chi connectivity index (χ4v) is 2.41. The van der Waals surface area contributed by atoms with E-state index in [9.17, 15) is 4.79 Å². The van der Waals surface area contributed by atoms with Crippen molar-refractivity contribution in [3.8, 4) is 6.07 Å². The van der Waals surface area contributed by atoms with E-state index < -0.39 is 4.75 Å². The van der Waals surface area contributed by atoms with E-state index in [1.807, 2.05) is 36.4 Å². The molecule has 90 valence electrons. The average Bonchev–Trinajstić information content (AvgIpc) is 2.37. The fraction of sp³-hybridized carbons (Fsp3) is 0.385. The molecule has 0 aliphatic carbocycles. The number of methoxy groups -OCH3 is 1. The zero-order valence-corrected chi connectivity index (χ0v) is 10.8. The Morgan fingerprint density at radius 2 is 2.12 bits per heavy atom. The van der Waals surface area contributed by atoms with Gasteiger partial charge in [-0.1, -0.05) is 30.3 Å². The molecule has 0 heterocycles. The van der Waals surface area contributed by atoms with Gasteiger partial charge in [0.2, 0.25) is 0 Å². The number of nitriles is 1. The van der Waals surface area contributed by atoms with Crippen LogP contribution in [0, 0.1) is 11.3 Å². The molecule has 0 aliphatic heterocycles. The van der Waals surface area contributed by atoms with Gasteiger partial charge in [0.15, 0.2) is 0 Å². The Hall–Kier alpha value is -1.47. The lowest BCUT2D eigenvalue weighted by Gasteiger charge is -2.23. The summed E-state index contributed by atoms with van der Waals surface area (Å²) in [7, 11) is 1.35. The molecule has 1 rings (SSSR count). The van der Waals surface area contributed by atoms with Crippen LogP contribution < -0.4 is 0 Å². The molecule has 17 heavy (non-hydrogen) atoms. The molecule has 1 aromatic carbocycles. The van der Waals surface area contributed by atoms with Crippen LogP contribution in [0.5, 0.6) is 0 Å². The number of hydrogen-bond acceptors (Lipinski definition) is 4. The van der Waals surface area contributed by atoms with Crippen molar-refractivity contribution in [1.82, 2.24) is 0 Å². The normalized spacial score (nSPS) is 13.5. The molecule has 0 saturated heterocycles. The van der Waals surface area contributed by atoms with Gasteiger partial charge in [-0.25, -0.2) is 0 Å². The number of rotatable bonds is 5. The van der Waals surface area contributed by atoms with Crippen LogP contribution in [0.2, 0.25) is 0 Å². The monoisotopic (exact) mass is 249 g/mol. The van der Waals surface area contributed by atoms with E-state index in [0.717, 1.165) is 5.56 Å². The van der Waals surface area contributed by atoms with Gasteiger partial charge >= 0.3 is 5.97 Å². The van der Waals surface area contributed by atoms with E-state index in [1.165, 1.54) is 18.9 Å². The van der Waals surface area contributed by atoms with Gasteiger partial charge in [-0.05, 0) is 12.5 Å². The lowest BCUT2D eigenvalue weighted by atomic mass is 10.1. The maximum atomic E-state index is 11.7. The van der Waals surface area contributed by atoms with Crippen molar-refractivity contribution in [2.45, 2.75) is 23.8 Å². The molecule has 0 bridgehead atoms. The van der Waals surface area contributed by atoms with E-state index in [1.54, 1.807) is 6.92 Å². The second-order valence-electron chi connectivity index (χ2n) is 3.83. The minimum atomic E-state index is -0.792.